The molecule has 0 atom stereocenters. The molecule has 2 heterocycles. The molecule has 17 heavy (non-hydrogen) atoms. The summed E-state index contributed by atoms with van der Waals surface area (Å²) in [6, 6.07) is 8.27. The number of benzene rings is 1. The fourth-order valence-corrected chi connectivity index (χ4v) is 3.12. The van der Waals surface area contributed by atoms with Gasteiger partial charge in [-0.05, 0) is 18.1 Å². The number of para-hydroxylation sites is 1. The van der Waals surface area contributed by atoms with E-state index in [2.05, 4.69) is 41.9 Å². The second kappa shape index (κ2) is 3.68. The quantitative estimate of drug-likeness (QED) is 0.886. The van der Waals surface area contributed by atoms with Crippen LogP contribution >= 0.6 is 11.3 Å². The summed E-state index contributed by atoms with van der Waals surface area (Å²) in [4.78, 5) is 6.93. The van der Waals surface area contributed by atoms with Gasteiger partial charge in [-0.15, -0.1) is 0 Å². The summed E-state index contributed by atoms with van der Waals surface area (Å²) in [6.45, 7) is 6.22. The van der Waals surface area contributed by atoms with Gasteiger partial charge in [0, 0.05) is 13.1 Å². The number of hydrogen-bond acceptors (Lipinski definition) is 4. The third-order valence-electron chi connectivity index (χ3n) is 3.67. The van der Waals surface area contributed by atoms with E-state index in [1.165, 1.54) is 4.70 Å². The standard InChI is InChI=1S/C13H17N3S/c1-9(2)13(14)7-16(8-13)12-15-10-5-3-4-6-11(10)17-12/h3-6,9H,7-8,14H2,1-2H3. The molecule has 90 valence electrons. The fraction of sp³-hybridized carbons (Fsp3) is 0.462. The lowest BCUT2D eigenvalue weighted by molar-refractivity contribution is 0.245. The second-order valence-corrected chi connectivity index (χ2v) is 6.22. The molecule has 0 aliphatic carbocycles. The van der Waals surface area contributed by atoms with Crippen molar-refractivity contribution in [2.75, 3.05) is 18.0 Å². The highest BCUT2D eigenvalue weighted by Crippen LogP contribution is 2.35. The minimum Gasteiger partial charge on any atom is -0.344 e. The number of nitrogens with zero attached hydrogens (tertiary/aromatic N) is 2. The predicted octanol–water partition coefficient (Wildman–Crippen LogP) is 2.47. The Morgan fingerprint density at radius 3 is 2.71 bits per heavy atom. The van der Waals surface area contributed by atoms with Crippen molar-refractivity contribution in [2.45, 2.75) is 19.4 Å². The van der Waals surface area contributed by atoms with Gasteiger partial charge in [0.25, 0.3) is 0 Å². The molecule has 3 rings (SSSR count). The maximum Gasteiger partial charge on any atom is 0.186 e. The SMILES string of the molecule is CC(C)C1(N)CN(c2nc3ccccc3s2)C1. The smallest absolute Gasteiger partial charge is 0.186 e. The lowest BCUT2D eigenvalue weighted by Crippen LogP contribution is -2.70. The van der Waals surface area contributed by atoms with E-state index >= 15 is 0 Å². The number of thiazole rings is 1. The Morgan fingerprint density at radius 2 is 2.06 bits per heavy atom. The molecule has 1 aliphatic rings. The predicted molar refractivity (Wildman–Crippen MR) is 73.6 cm³/mol. The second-order valence-electron chi connectivity index (χ2n) is 5.21. The number of rotatable bonds is 2. The first-order valence-corrected chi connectivity index (χ1v) is 6.79. The molecule has 0 amide bonds. The Morgan fingerprint density at radius 1 is 1.35 bits per heavy atom. The first-order chi connectivity index (χ1) is 8.08. The van der Waals surface area contributed by atoms with Gasteiger partial charge in [-0.25, -0.2) is 4.98 Å². The van der Waals surface area contributed by atoms with Gasteiger partial charge in [-0.1, -0.05) is 37.3 Å². The zero-order valence-electron chi connectivity index (χ0n) is 10.2. The highest BCUT2D eigenvalue weighted by molar-refractivity contribution is 7.22. The highest BCUT2D eigenvalue weighted by Gasteiger charge is 2.43. The van der Waals surface area contributed by atoms with Gasteiger partial charge in [0.15, 0.2) is 5.13 Å². The highest BCUT2D eigenvalue weighted by atomic mass is 32.1. The van der Waals surface area contributed by atoms with Crippen LogP contribution in [0.4, 0.5) is 5.13 Å². The Labute approximate surface area is 105 Å². The van der Waals surface area contributed by atoms with E-state index in [9.17, 15) is 0 Å². The van der Waals surface area contributed by atoms with Crippen molar-refractivity contribution >= 4 is 26.7 Å². The molecule has 0 radical (unpaired) electrons. The van der Waals surface area contributed by atoms with Crippen LogP contribution in [-0.2, 0) is 0 Å². The van der Waals surface area contributed by atoms with E-state index in [1.54, 1.807) is 11.3 Å². The summed E-state index contributed by atoms with van der Waals surface area (Å²) in [5.74, 6) is 0.521. The Hall–Kier alpha value is -1.13. The number of hydrogen-bond donors (Lipinski definition) is 1. The van der Waals surface area contributed by atoms with Gasteiger partial charge in [-0.2, -0.15) is 0 Å². The Balaban J connectivity index is 1.83. The van der Waals surface area contributed by atoms with Gasteiger partial charge >= 0.3 is 0 Å². The molecule has 1 fully saturated rings. The molecule has 1 saturated heterocycles. The van der Waals surface area contributed by atoms with Gasteiger partial charge < -0.3 is 10.6 Å². The van der Waals surface area contributed by atoms with Gasteiger partial charge in [0.1, 0.15) is 0 Å². The molecule has 2 aromatic rings. The molecule has 2 N–H and O–H groups in total. The van der Waals surface area contributed by atoms with Crippen LogP contribution in [0.5, 0.6) is 0 Å². The number of nitrogens with two attached hydrogens (primary N) is 1. The van der Waals surface area contributed by atoms with Crippen LogP contribution in [0.25, 0.3) is 10.2 Å². The van der Waals surface area contributed by atoms with E-state index in [0.29, 0.717) is 5.92 Å². The summed E-state index contributed by atoms with van der Waals surface area (Å²) < 4.78 is 1.25. The molecule has 1 aromatic carbocycles. The van der Waals surface area contributed by atoms with Crippen molar-refractivity contribution in [1.82, 2.24) is 4.98 Å². The number of anilines is 1. The van der Waals surface area contributed by atoms with Crippen molar-refractivity contribution in [2.24, 2.45) is 11.7 Å². The average Bonchev–Trinajstić information content (AvgIpc) is 2.67. The lowest BCUT2D eigenvalue weighted by atomic mass is 9.81. The minimum absolute atomic E-state index is 0.0299. The average molecular weight is 247 g/mol. The maximum atomic E-state index is 6.30. The summed E-state index contributed by atoms with van der Waals surface area (Å²) in [6.07, 6.45) is 0. The summed E-state index contributed by atoms with van der Waals surface area (Å²) in [7, 11) is 0. The van der Waals surface area contributed by atoms with E-state index in [0.717, 1.165) is 23.7 Å². The van der Waals surface area contributed by atoms with Crippen molar-refractivity contribution in [3.05, 3.63) is 24.3 Å². The topological polar surface area (TPSA) is 42.1 Å². The molecule has 3 nitrogen and oxygen atoms in total. The van der Waals surface area contributed by atoms with Gasteiger partial charge in [-0.3, -0.25) is 0 Å². The summed E-state index contributed by atoms with van der Waals surface area (Å²) in [5.41, 5.74) is 7.36. The van der Waals surface area contributed by atoms with Crippen molar-refractivity contribution < 1.29 is 0 Å². The third kappa shape index (κ3) is 1.72. The molecule has 0 unspecified atom stereocenters. The summed E-state index contributed by atoms with van der Waals surface area (Å²) in [5, 5.41) is 1.10. The zero-order valence-corrected chi connectivity index (χ0v) is 11.0. The molecular weight excluding hydrogens is 230 g/mol. The molecule has 4 heteroatoms. The van der Waals surface area contributed by atoms with Crippen LogP contribution in [0.2, 0.25) is 0 Å². The Bertz CT molecular complexity index is 507. The van der Waals surface area contributed by atoms with Crippen LogP contribution in [-0.4, -0.2) is 23.6 Å². The zero-order chi connectivity index (χ0) is 12.0. The third-order valence-corrected chi connectivity index (χ3v) is 4.77. The normalized spacial score (nSPS) is 18.7. The molecule has 0 bridgehead atoms. The molecule has 0 saturated carbocycles. The maximum absolute atomic E-state index is 6.30. The molecule has 0 spiro atoms. The van der Waals surface area contributed by atoms with E-state index < -0.39 is 0 Å². The fourth-order valence-electron chi connectivity index (χ4n) is 2.16. The minimum atomic E-state index is -0.0299. The first-order valence-electron chi connectivity index (χ1n) is 5.98. The molecular formula is C13H17N3S. The molecule has 1 aromatic heterocycles. The first kappa shape index (κ1) is 11.0. The van der Waals surface area contributed by atoms with Gasteiger partial charge in [0.2, 0.25) is 0 Å². The lowest BCUT2D eigenvalue weighted by Gasteiger charge is -2.50. The molecule has 1 aliphatic heterocycles. The van der Waals surface area contributed by atoms with Gasteiger partial charge in [0.05, 0.1) is 15.8 Å². The van der Waals surface area contributed by atoms with E-state index in [-0.39, 0.29) is 5.54 Å². The van der Waals surface area contributed by atoms with Crippen LogP contribution < -0.4 is 10.6 Å². The van der Waals surface area contributed by atoms with Crippen LogP contribution in [0.1, 0.15) is 13.8 Å². The van der Waals surface area contributed by atoms with Crippen molar-refractivity contribution in [3.8, 4) is 0 Å². The van der Waals surface area contributed by atoms with Crippen LogP contribution in [0.15, 0.2) is 24.3 Å². The van der Waals surface area contributed by atoms with E-state index in [1.807, 2.05) is 6.07 Å². The van der Waals surface area contributed by atoms with Crippen LogP contribution in [0, 0.1) is 5.92 Å². The largest absolute Gasteiger partial charge is 0.344 e. The van der Waals surface area contributed by atoms with E-state index in [4.69, 9.17) is 5.73 Å². The number of fused-ring (bicyclic) bond motifs is 1. The van der Waals surface area contributed by atoms with Crippen LogP contribution in [0.3, 0.4) is 0 Å². The Kier molecular flexibility index (Phi) is 2.38. The van der Waals surface area contributed by atoms with Crippen molar-refractivity contribution in [3.63, 3.8) is 0 Å². The number of aromatic nitrogens is 1. The monoisotopic (exact) mass is 247 g/mol. The summed E-state index contributed by atoms with van der Waals surface area (Å²) >= 11 is 1.75. The van der Waals surface area contributed by atoms with Crippen molar-refractivity contribution in [1.29, 1.82) is 0 Å².